The molecule has 2 atom stereocenters. The average molecular weight is 320 g/mol. The van der Waals surface area contributed by atoms with Gasteiger partial charge in [0.15, 0.2) is 9.84 Å². The molecule has 0 aromatic heterocycles. The van der Waals surface area contributed by atoms with Crippen LogP contribution in [-0.2, 0) is 9.84 Å². The molecule has 22 heavy (non-hydrogen) atoms. The zero-order valence-electron chi connectivity index (χ0n) is 12.7. The Kier molecular flexibility index (Phi) is 5.09. The van der Waals surface area contributed by atoms with E-state index in [1.165, 1.54) is 0 Å². The van der Waals surface area contributed by atoms with Gasteiger partial charge in [-0.25, -0.2) is 13.2 Å². The standard InChI is InChI=1S/C16H20N2O3S/c1-13-14(2)22(20,21)12-11-18(13)16(19)17-10-6-9-15-7-4-3-5-8-15/h3-5,7-8,13-14H,10-12H2,1-2H3,(H,17,19). The minimum atomic E-state index is -3.09. The third-order valence-electron chi connectivity index (χ3n) is 3.95. The first-order chi connectivity index (χ1) is 10.4. The van der Waals surface area contributed by atoms with Crippen molar-refractivity contribution < 1.29 is 13.2 Å². The number of sulfone groups is 1. The van der Waals surface area contributed by atoms with E-state index in [0.717, 1.165) is 5.56 Å². The molecule has 5 nitrogen and oxygen atoms in total. The maximum absolute atomic E-state index is 12.1. The lowest BCUT2D eigenvalue weighted by Crippen LogP contribution is -2.56. The van der Waals surface area contributed by atoms with Crippen LogP contribution in [0.3, 0.4) is 0 Å². The second-order valence-electron chi connectivity index (χ2n) is 5.33. The Hall–Kier alpha value is -2.00. The Labute approximate surface area is 131 Å². The van der Waals surface area contributed by atoms with Gasteiger partial charge in [-0.2, -0.15) is 0 Å². The SMILES string of the molecule is CC1C(C)S(=O)(=O)CCN1C(=O)NCC#Cc1ccccc1. The van der Waals surface area contributed by atoms with Gasteiger partial charge in [-0.05, 0) is 26.0 Å². The van der Waals surface area contributed by atoms with Crippen LogP contribution in [0.5, 0.6) is 0 Å². The van der Waals surface area contributed by atoms with E-state index in [0.29, 0.717) is 0 Å². The number of rotatable bonds is 1. The van der Waals surface area contributed by atoms with Crippen LogP contribution in [0.2, 0.25) is 0 Å². The van der Waals surface area contributed by atoms with Gasteiger partial charge in [-0.15, -0.1) is 0 Å². The molecule has 0 bridgehead atoms. The van der Waals surface area contributed by atoms with Gasteiger partial charge in [0, 0.05) is 18.2 Å². The lowest BCUT2D eigenvalue weighted by Gasteiger charge is -2.37. The Balaban J connectivity index is 1.90. The van der Waals surface area contributed by atoms with Crippen molar-refractivity contribution >= 4 is 15.9 Å². The topological polar surface area (TPSA) is 66.5 Å². The fourth-order valence-electron chi connectivity index (χ4n) is 2.34. The van der Waals surface area contributed by atoms with Crippen molar-refractivity contribution in [2.24, 2.45) is 0 Å². The van der Waals surface area contributed by atoms with Crippen molar-refractivity contribution in [2.75, 3.05) is 18.8 Å². The first-order valence-electron chi connectivity index (χ1n) is 7.22. The molecule has 1 N–H and O–H groups in total. The van der Waals surface area contributed by atoms with Gasteiger partial charge in [0.05, 0.1) is 17.5 Å². The number of nitrogens with zero attached hydrogens (tertiary/aromatic N) is 1. The Bertz CT molecular complexity index is 689. The molecule has 1 saturated heterocycles. The average Bonchev–Trinajstić information content (AvgIpc) is 2.50. The fourth-order valence-corrected chi connectivity index (χ4v) is 3.91. The quantitative estimate of drug-likeness (QED) is 0.792. The Morgan fingerprint density at radius 3 is 2.68 bits per heavy atom. The van der Waals surface area contributed by atoms with Crippen molar-refractivity contribution in [3.63, 3.8) is 0 Å². The van der Waals surface area contributed by atoms with Crippen molar-refractivity contribution in [1.82, 2.24) is 10.2 Å². The molecule has 0 aliphatic carbocycles. The summed E-state index contributed by atoms with van der Waals surface area (Å²) in [6.07, 6.45) is 0. The van der Waals surface area contributed by atoms with Crippen LogP contribution in [0, 0.1) is 11.8 Å². The highest BCUT2D eigenvalue weighted by Gasteiger charge is 2.37. The zero-order chi connectivity index (χ0) is 16.2. The molecule has 1 aromatic rings. The number of hydrogen-bond donors (Lipinski definition) is 1. The van der Waals surface area contributed by atoms with Gasteiger partial charge in [0.2, 0.25) is 0 Å². The van der Waals surface area contributed by atoms with Crippen LogP contribution in [0.15, 0.2) is 30.3 Å². The molecule has 1 aromatic carbocycles. The van der Waals surface area contributed by atoms with Gasteiger partial charge in [0.25, 0.3) is 0 Å². The van der Waals surface area contributed by atoms with Crippen LogP contribution < -0.4 is 5.32 Å². The molecule has 0 spiro atoms. The van der Waals surface area contributed by atoms with Crippen LogP contribution in [0.25, 0.3) is 0 Å². The van der Waals surface area contributed by atoms with Gasteiger partial charge >= 0.3 is 6.03 Å². The molecular weight excluding hydrogens is 300 g/mol. The smallest absolute Gasteiger partial charge is 0.318 e. The fraction of sp³-hybridized carbons (Fsp3) is 0.438. The van der Waals surface area contributed by atoms with Gasteiger partial charge in [0.1, 0.15) is 0 Å². The highest BCUT2D eigenvalue weighted by atomic mass is 32.2. The number of amides is 2. The van der Waals surface area contributed by atoms with Crippen molar-refractivity contribution in [3.05, 3.63) is 35.9 Å². The molecule has 6 heteroatoms. The highest BCUT2D eigenvalue weighted by molar-refractivity contribution is 7.92. The van der Waals surface area contributed by atoms with E-state index in [1.807, 2.05) is 30.3 Å². The lowest BCUT2D eigenvalue weighted by molar-refractivity contribution is 0.179. The van der Waals surface area contributed by atoms with E-state index in [-0.39, 0.29) is 30.9 Å². The molecule has 0 saturated carbocycles. The van der Waals surface area contributed by atoms with Crippen LogP contribution in [0.1, 0.15) is 19.4 Å². The third-order valence-corrected chi connectivity index (χ3v) is 6.23. The molecule has 118 valence electrons. The molecular formula is C16H20N2O3S. The molecule has 0 radical (unpaired) electrons. The summed E-state index contributed by atoms with van der Waals surface area (Å²) >= 11 is 0. The first-order valence-corrected chi connectivity index (χ1v) is 8.93. The van der Waals surface area contributed by atoms with Crippen LogP contribution >= 0.6 is 0 Å². The van der Waals surface area contributed by atoms with Crippen molar-refractivity contribution in [2.45, 2.75) is 25.1 Å². The number of carbonyl (C=O) groups is 1. The predicted molar refractivity (Wildman–Crippen MR) is 86.1 cm³/mol. The maximum atomic E-state index is 12.1. The monoisotopic (exact) mass is 320 g/mol. The highest BCUT2D eigenvalue weighted by Crippen LogP contribution is 2.19. The van der Waals surface area contributed by atoms with Crippen molar-refractivity contribution in [1.29, 1.82) is 0 Å². The zero-order valence-corrected chi connectivity index (χ0v) is 13.6. The summed E-state index contributed by atoms with van der Waals surface area (Å²) in [5.74, 6) is 5.86. The van der Waals surface area contributed by atoms with E-state index in [9.17, 15) is 13.2 Å². The second-order valence-corrected chi connectivity index (χ2v) is 7.81. The molecule has 2 unspecified atom stereocenters. The summed E-state index contributed by atoms with van der Waals surface area (Å²) in [4.78, 5) is 13.7. The van der Waals surface area contributed by atoms with Crippen molar-refractivity contribution in [3.8, 4) is 11.8 Å². The Morgan fingerprint density at radius 1 is 1.32 bits per heavy atom. The number of carbonyl (C=O) groups excluding carboxylic acids is 1. The normalized spacial score (nSPS) is 23.3. The first kappa shape index (κ1) is 16.4. The largest absolute Gasteiger partial charge is 0.327 e. The molecule has 2 rings (SSSR count). The van der Waals surface area contributed by atoms with Crippen LogP contribution in [0.4, 0.5) is 4.79 Å². The maximum Gasteiger partial charge on any atom is 0.318 e. The van der Waals surface area contributed by atoms with Gasteiger partial charge in [-0.3, -0.25) is 0 Å². The van der Waals surface area contributed by atoms with E-state index in [1.54, 1.807) is 18.7 Å². The van der Waals surface area contributed by atoms with E-state index in [2.05, 4.69) is 17.2 Å². The minimum Gasteiger partial charge on any atom is -0.327 e. The number of benzene rings is 1. The summed E-state index contributed by atoms with van der Waals surface area (Å²) < 4.78 is 23.6. The van der Waals surface area contributed by atoms with E-state index in [4.69, 9.17) is 0 Å². The lowest BCUT2D eigenvalue weighted by atomic mass is 10.2. The molecule has 2 amide bonds. The summed E-state index contributed by atoms with van der Waals surface area (Å²) in [5.41, 5.74) is 0.891. The molecule has 1 fully saturated rings. The Morgan fingerprint density at radius 2 is 2.00 bits per heavy atom. The van der Waals surface area contributed by atoms with E-state index < -0.39 is 15.1 Å². The predicted octanol–water partition coefficient (Wildman–Crippen LogP) is 1.26. The third kappa shape index (κ3) is 3.80. The second kappa shape index (κ2) is 6.84. The number of hydrogen-bond acceptors (Lipinski definition) is 3. The van der Waals surface area contributed by atoms with Gasteiger partial charge < -0.3 is 10.2 Å². The number of urea groups is 1. The minimum absolute atomic E-state index is 0.0155. The molecule has 1 aliphatic heterocycles. The summed E-state index contributed by atoms with van der Waals surface area (Å²) in [7, 11) is -3.09. The summed E-state index contributed by atoms with van der Waals surface area (Å²) in [5, 5.41) is 2.18. The summed E-state index contributed by atoms with van der Waals surface area (Å²) in [6.45, 7) is 3.87. The van der Waals surface area contributed by atoms with Gasteiger partial charge in [-0.1, -0.05) is 30.0 Å². The summed E-state index contributed by atoms with van der Waals surface area (Å²) in [6, 6.07) is 8.92. The molecule has 1 aliphatic rings. The van der Waals surface area contributed by atoms with Crippen LogP contribution in [-0.4, -0.2) is 49.5 Å². The number of nitrogens with one attached hydrogen (secondary N) is 1. The van der Waals surface area contributed by atoms with E-state index >= 15 is 0 Å². The molecule has 1 heterocycles.